The highest BCUT2D eigenvalue weighted by atomic mass is 79.9. The molecule has 2 aromatic heterocycles. The second kappa shape index (κ2) is 7.87. The summed E-state index contributed by atoms with van der Waals surface area (Å²) in [6.07, 6.45) is 0. The third-order valence-corrected chi connectivity index (χ3v) is 6.81. The standard InChI is InChI=1S/C18H10Br2N4S2/c19-13(17-15(21-25-23-17)11-7-3-1-4-8-11)14(20)18-16(22-26-24-18)12-9-5-2-6-10-12/h1-10H/b14-13+. The molecule has 0 radical (unpaired) electrons. The van der Waals surface area contributed by atoms with Gasteiger partial charge in [-0.05, 0) is 31.9 Å². The SMILES string of the molecule is Br/C(=C(/Br)c1nsnc1-c1ccccc1)c1nsnc1-c1ccccc1. The first kappa shape index (κ1) is 17.7. The average Bonchev–Trinajstić information content (AvgIpc) is 3.38. The van der Waals surface area contributed by atoms with Crippen molar-refractivity contribution >= 4 is 64.3 Å². The molecule has 0 aliphatic carbocycles. The molecular formula is C18H10Br2N4S2. The quantitative estimate of drug-likeness (QED) is 0.324. The van der Waals surface area contributed by atoms with Crippen LogP contribution < -0.4 is 0 Å². The van der Waals surface area contributed by atoms with Crippen LogP contribution in [0.4, 0.5) is 0 Å². The maximum atomic E-state index is 4.48. The molecule has 0 spiro atoms. The van der Waals surface area contributed by atoms with E-state index in [4.69, 9.17) is 0 Å². The number of halogens is 2. The van der Waals surface area contributed by atoms with Gasteiger partial charge in [0.15, 0.2) is 0 Å². The summed E-state index contributed by atoms with van der Waals surface area (Å²) >= 11 is 9.73. The topological polar surface area (TPSA) is 51.6 Å². The Balaban J connectivity index is 1.80. The minimum atomic E-state index is 0.778. The van der Waals surface area contributed by atoms with Crippen LogP contribution in [0.2, 0.25) is 0 Å². The molecule has 0 bridgehead atoms. The highest BCUT2D eigenvalue weighted by Crippen LogP contribution is 2.41. The molecular weight excluding hydrogens is 496 g/mol. The maximum Gasteiger partial charge on any atom is 0.120 e. The van der Waals surface area contributed by atoms with E-state index in [1.165, 1.54) is 23.5 Å². The summed E-state index contributed by atoms with van der Waals surface area (Å²) in [5.74, 6) is 0. The molecule has 0 atom stereocenters. The molecule has 128 valence electrons. The lowest BCUT2D eigenvalue weighted by Crippen LogP contribution is -1.89. The van der Waals surface area contributed by atoms with Gasteiger partial charge in [-0.25, -0.2) is 0 Å². The highest BCUT2D eigenvalue weighted by molar-refractivity contribution is 9.18. The Morgan fingerprint density at radius 2 is 0.962 bits per heavy atom. The van der Waals surface area contributed by atoms with Crippen molar-refractivity contribution in [2.45, 2.75) is 0 Å². The van der Waals surface area contributed by atoms with E-state index in [9.17, 15) is 0 Å². The van der Waals surface area contributed by atoms with E-state index in [-0.39, 0.29) is 0 Å². The fourth-order valence-electron chi connectivity index (χ4n) is 2.44. The van der Waals surface area contributed by atoms with Gasteiger partial charge in [0.2, 0.25) is 0 Å². The zero-order valence-corrected chi connectivity index (χ0v) is 17.9. The number of benzene rings is 2. The predicted molar refractivity (Wildman–Crippen MR) is 115 cm³/mol. The van der Waals surface area contributed by atoms with Gasteiger partial charge in [0.25, 0.3) is 0 Å². The summed E-state index contributed by atoms with van der Waals surface area (Å²) in [7, 11) is 0. The summed E-state index contributed by atoms with van der Waals surface area (Å²) in [5.41, 5.74) is 5.27. The van der Waals surface area contributed by atoms with Gasteiger partial charge in [-0.3, -0.25) is 0 Å². The molecule has 0 fully saturated rings. The van der Waals surface area contributed by atoms with Gasteiger partial charge in [-0.1, -0.05) is 60.7 Å². The summed E-state index contributed by atoms with van der Waals surface area (Å²) in [4.78, 5) is 0. The number of nitrogens with zero attached hydrogens (tertiary/aromatic N) is 4. The van der Waals surface area contributed by atoms with Crippen LogP contribution in [0.1, 0.15) is 11.4 Å². The van der Waals surface area contributed by atoms with Crippen LogP contribution in [0.15, 0.2) is 60.7 Å². The highest BCUT2D eigenvalue weighted by Gasteiger charge is 2.21. The molecule has 0 saturated carbocycles. The average molecular weight is 506 g/mol. The van der Waals surface area contributed by atoms with Crippen molar-refractivity contribution in [1.29, 1.82) is 0 Å². The third-order valence-electron chi connectivity index (χ3n) is 3.68. The van der Waals surface area contributed by atoms with E-state index in [1.54, 1.807) is 0 Å². The second-order valence-corrected chi connectivity index (χ2v) is 7.93. The van der Waals surface area contributed by atoms with Gasteiger partial charge in [0, 0.05) is 11.1 Å². The number of aromatic nitrogens is 4. The van der Waals surface area contributed by atoms with Crippen LogP contribution in [-0.4, -0.2) is 17.5 Å². The lowest BCUT2D eigenvalue weighted by molar-refractivity contribution is 1.43. The fraction of sp³-hybridized carbons (Fsp3) is 0. The van der Waals surface area contributed by atoms with Gasteiger partial charge in [0.1, 0.15) is 22.8 Å². The van der Waals surface area contributed by atoms with Crippen molar-refractivity contribution in [3.63, 3.8) is 0 Å². The van der Waals surface area contributed by atoms with Crippen LogP contribution in [0, 0.1) is 0 Å². The Labute approximate surface area is 175 Å². The molecule has 4 rings (SSSR count). The van der Waals surface area contributed by atoms with Gasteiger partial charge >= 0.3 is 0 Å². The van der Waals surface area contributed by atoms with E-state index in [0.717, 1.165) is 42.9 Å². The van der Waals surface area contributed by atoms with Crippen LogP contribution in [0.5, 0.6) is 0 Å². The zero-order chi connectivity index (χ0) is 17.9. The first-order valence-corrected chi connectivity index (χ1v) is 10.6. The Bertz CT molecular complexity index is 973. The first-order valence-electron chi connectivity index (χ1n) is 7.57. The lowest BCUT2D eigenvalue weighted by atomic mass is 10.1. The van der Waals surface area contributed by atoms with E-state index < -0.39 is 0 Å². The van der Waals surface area contributed by atoms with Gasteiger partial charge in [-0.2, -0.15) is 17.5 Å². The maximum absolute atomic E-state index is 4.48. The van der Waals surface area contributed by atoms with Crippen molar-refractivity contribution < 1.29 is 0 Å². The largest absolute Gasteiger partial charge is 0.172 e. The Kier molecular flexibility index (Phi) is 5.35. The molecule has 26 heavy (non-hydrogen) atoms. The minimum Gasteiger partial charge on any atom is -0.172 e. The predicted octanol–water partition coefficient (Wildman–Crippen LogP) is 6.34. The van der Waals surface area contributed by atoms with Gasteiger partial charge in [-0.15, -0.1) is 0 Å². The van der Waals surface area contributed by atoms with E-state index in [1.807, 2.05) is 60.7 Å². The molecule has 4 nitrogen and oxygen atoms in total. The summed E-state index contributed by atoms with van der Waals surface area (Å²) in [6, 6.07) is 20.0. The smallest absolute Gasteiger partial charge is 0.120 e. The van der Waals surface area contributed by atoms with Crippen molar-refractivity contribution in [3.05, 3.63) is 72.1 Å². The van der Waals surface area contributed by atoms with Gasteiger partial charge < -0.3 is 0 Å². The van der Waals surface area contributed by atoms with E-state index in [2.05, 4.69) is 49.4 Å². The van der Waals surface area contributed by atoms with Crippen molar-refractivity contribution in [3.8, 4) is 22.5 Å². The molecule has 2 aromatic carbocycles. The van der Waals surface area contributed by atoms with Crippen LogP contribution >= 0.6 is 55.3 Å². The summed E-state index contributed by atoms with van der Waals surface area (Å²) < 4.78 is 19.5. The van der Waals surface area contributed by atoms with Crippen molar-refractivity contribution in [1.82, 2.24) is 17.5 Å². The zero-order valence-electron chi connectivity index (χ0n) is 13.1. The van der Waals surface area contributed by atoms with Crippen LogP contribution in [-0.2, 0) is 0 Å². The lowest BCUT2D eigenvalue weighted by Gasteiger charge is -2.05. The molecule has 2 heterocycles. The molecule has 0 N–H and O–H groups in total. The van der Waals surface area contributed by atoms with Crippen molar-refractivity contribution in [2.75, 3.05) is 0 Å². The normalized spacial score (nSPS) is 12.1. The molecule has 4 aromatic rings. The Hall–Kier alpha value is -1.74. The third kappa shape index (κ3) is 3.42. The summed E-state index contributed by atoms with van der Waals surface area (Å²) in [6.45, 7) is 0. The number of hydrogen-bond acceptors (Lipinski definition) is 6. The number of hydrogen-bond donors (Lipinski definition) is 0. The Morgan fingerprint density at radius 3 is 1.35 bits per heavy atom. The number of rotatable bonds is 4. The van der Waals surface area contributed by atoms with Crippen molar-refractivity contribution in [2.24, 2.45) is 0 Å². The summed E-state index contributed by atoms with van der Waals surface area (Å²) in [5, 5.41) is 0. The van der Waals surface area contributed by atoms with Crippen LogP contribution in [0.25, 0.3) is 31.5 Å². The van der Waals surface area contributed by atoms with Crippen LogP contribution in [0.3, 0.4) is 0 Å². The first-order chi connectivity index (χ1) is 12.8. The molecule has 0 aliphatic heterocycles. The molecule has 0 saturated heterocycles. The van der Waals surface area contributed by atoms with E-state index >= 15 is 0 Å². The Morgan fingerprint density at radius 1 is 0.577 bits per heavy atom. The molecule has 8 heteroatoms. The monoisotopic (exact) mass is 504 g/mol. The van der Waals surface area contributed by atoms with E-state index in [0.29, 0.717) is 0 Å². The fourth-order valence-corrected chi connectivity index (χ4v) is 4.75. The molecule has 0 aliphatic rings. The second-order valence-electron chi connectivity index (χ2n) is 5.28. The minimum absolute atomic E-state index is 0.778. The molecule has 0 amide bonds. The van der Waals surface area contributed by atoms with Gasteiger partial charge in [0.05, 0.1) is 32.4 Å². The molecule has 0 unspecified atom stereocenters.